The monoisotopic (exact) mass is 229 g/mol. The maximum Gasteiger partial charge on any atom is 0.120 e. The smallest absolute Gasteiger partial charge is 0.120 e. The molecule has 1 aromatic carbocycles. The van der Waals surface area contributed by atoms with E-state index in [9.17, 15) is 0 Å². The van der Waals surface area contributed by atoms with Gasteiger partial charge in [0.05, 0.1) is 6.61 Å². The highest BCUT2D eigenvalue weighted by molar-refractivity contribution is 6.30. The van der Waals surface area contributed by atoms with E-state index >= 15 is 0 Å². The van der Waals surface area contributed by atoms with Gasteiger partial charge in [-0.3, -0.25) is 0 Å². The van der Waals surface area contributed by atoms with Crippen molar-refractivity contribution >= 4 is 11.6 Å². The summed E-state index contributed by atoms with van der Waals surface area (Å²) in [6, 6.07) is 7.39. The zero-order chi connectivity index (χ0) is 10.9. The predicted molar refractivity (Wildman–Crippen MR) is 61.7 cm³/mol. The Bertz CT molecular complexity index is 281. The van der Waals surface area contributed by atoms with E-state index in [1.54, 1.807) is 13.2 Å². The van der Waals surface area contributed by atoms with Crippen molar-refractivity contribution in [2.45, 2.75) is 0 Å². The van der Waals surface area contributed by atoms with Crippen molar-refractivity contribution in [3.63, 3.8) is 0 Å². The van der Waals surface area contributed by atoms with Crippen LogP contribution >= 0.6 is 11.6 Å². The third-order valence-electron chi connectivity index (χ3n) is 1.83. The second-order valence-corrected chi connectivity index (χ2v) is 3.49. The molecule has 1 N–H and O–H groups in total. The van der Waals surface area contributed by atoms with Crippen LogP contribution in [0.5, 0.6) is 5.75 Å². The zero-order valence-electron chi connectivity index (χ0n) is 8.83. The van der Waals surface area contributed by atoms with Crippen molar-refractivity contribution in [1.29, 1.82) is 0 Å². The largest absolute Gasteiger partial charge is 0.492 e. The predicted octanol–water partition coefficient (Wildman–Crippen LogP) is 1.95. The SMILES string of the molecule is COCCNCCOc1cccc(Cl)c1. The van der Waals surface area contributed by atoms with Crippen molar-refractivity contribution in [2.75, 3.05) is 33.4 Å². The molecule has 0 bridgehead atoms. The minimum atomic E-state index is 0.629. The standard InChI is InChI=1S/C11H16ClNO2/c1-14-7-5-13-6-8-15-11-4-2-3-10(12)9-11/h2-4,9,13H,5-8H2,1H3. The summed E-state index contributed by atoms with van der Waals surface area (Å²) >= 11 is 5.81. The van der Waals surface area contributed by atoms with Crippen molar-refractivity contribution in [3.8, 4) is 5.75 Å². The highest BCUT2D eigenvalue weighted by Crippen LogP contribution is 2.16. The molecule has 0 heterocycles. The van der Waals surface area contributed by atoms with Crippen LogP contribution in [0.1, 0.15) is 0 Å². The summed E-state index contributed by atoms with van der Waals surface area (Å²) in [5.41, 5.74) is 0. The number of hydrogen-bond donors (Lipinski definition) is 1. The van der Waals surface area contributed by atoms with Crippen LogP contribution in [0.4, 0.5) is 0 Å². The lowest BCUT2D eigenvalue weighted by Crippen LogP contribution is -2.24. The average Bonchev–Trinajstić information content (AvgIpc) is 2.23. The Balaban J connectivity index is 2.10. The van der Waals surface area contributed by atoms with Crippen molar-refractivity contribution in [1.82, 2.24) is 5.32 Å². The highest BCUT2D eigenvalue weighted by atomic mass is 35.5. The van der Waals surface area contributed by atoms with Gasteiger partial charge in [-0.25, -0.2) is 0 Å². The van der Waals surface area contributed by atoms with Gasteiger partial charge >= 0.3 is 0 Å². The Morgan fingerprint density at radius 2 is 2.07 bits per heavy atom. The third kappa shape index (κ3) is 5.62. The molecule has 0 amide bonds. The van der Waals surface area contributed by atoms with Crippen LogP contribution in [0.15, 0.2) is 24.3 Å². The molecule has 0 unspecified atom stereocenters. The molecule has 0 atom stereocenters. The van der Waals surface area contributed by atoms with E-state index in [2.05, 4.69) is 5.32 Å². The van der Waals surface area contributed by atoms with Crippen LogP contribution in [0.25, 0.3) is 0 Å². The second kappa shape index (κ2) is 7.51. The van der Waals surface area contributed by atoms with Gasteiger partial charge in [0.1, 0.15) is 12.4 Å². The molecule has 0 aliphatic heterocycles. The molecule has 0 fully saturated rings. The van der Waals surface area contributed by atoms with Gasteiger partial charge in [-0.15, -0.1) is 0 Å². The Hall–Kier alpha value is -0.770. The van der Waals surface area contributed by atoms with Crippen LogP contribution < -0.4 is 10.1 Å². The van der Waals surface area contributed by atoms with Gasteiger partial charge in [0, 0.05) is 25.2 Å². The molecule has 3 nitrogen and oxygen atoms in total. The Morgan fingerprint density at radius 3 is 2.80 bits per heavy atom. The maximum absolute atomic E-state index is 5.81. The molecule has 0 saturated carbocycles. The average molecular weight is 230 g/mol. The van der Waals surface area contributed by atoms with E-state index in [0.29, 0.717) is 11.6 Å². The number of nitrogens with one attached hydrogen (secondary N) is 1. The summed E-state index contributed by atoms with van der Waals surface area (Å²) in [6.07, 6.45) is 0. The molecule has 1 aromatic rings. The minimum Gasteiger partial charge on any atom is -0.492 e. The first-order chi connectivity index (χ1) is 7.33. The number of halogens is 1. The Labute approximate surface area is 95.3 Å². The minimum absolute atomic E-state index is 0.629. The Kier molecular flexibility index (Phi) is 6.16. The van der Waals surface area contributed by atoms with Gasteiger partial charge in [0.25, 0.3) is 0 Å². The van der Waals surface area contributed by atoms with E-state index in [-0.39, 0.29) is 0 Å². The van der Waals surface area contributed by atoms with Crippen LogP contribution in [-0.2, 0) is 4.74 Å². The summed E-state index contributed by atoms with van der Waals surface area (Å²) in [6.45, 7) is 2.99. The molecule has 0 radical (unpaired) electrons. The summed E-state index contributed by atoms with van der Waals surface area (Å²) in [5.74, 6) is 0.802. The topological polar surface area (TPSA) is 30.5 Å². The molecule has 1 rings (SSSR count). The summed E-state index contributed by atoms with van der Waals surface area (Å²) < 4.78 is 10.4. The molecular formula is C11H16ClNO2. The summed E-state index contributed by atoms with van der Waals surface area (Å²) in [4.78, 5) is 0. The van der Waals surface area contributed by atoms with Gasteiger partial charge in [-0.05, 0) is 18.2 Å². The van der Waals surface area contributed by atoms with Gasteiger partial charge in [-0.2, -0.15) is 0 Å². The molecule has 0 saturated heterocycles. The number of benzene rings is 1. The van der Waals surface area contributed by atoms with Crippen molar-refractivity contribution < 1.29 is 9.47 Å². The molecule has 4 heteroatoms. The lowest BCUT2D eigenvalue weighted by Gasteiger charge is -2.07. The second-order valence-electron chi connectivity index (χ2n) is 3.05. The third-order valence-corrected chi connectivity index (χ3v) is 2.06. The fourth-order valence-corrected chi connectivity index (χ4v) is 1.28. The molecule has 0 aliphatic rings. The first kappa shape index (κ1) is 12.3. The molecule has 0 aliphatic carbocycles. The van der Waals surface area contributed by atoms with Crippen LogP contribution in [-0.4, -0.2) is 33.4 Å². The Morgan fingerprint density at radius 1 is 1.27 bits per heavy atom. The van der Waals surface area contributed by atoms with Gasteiger partial charge in [0.15, 0.2) is 0 Å². The number of rotatable bonds is 7. The fraction of sp³-hybridized carbons (Fsp3) is 0.455. The van der Waals surface area contributed by atoms with Crippen LogP contribution in [0.2, 0.25) is 5.02 Å². The zero-order valence-corrected chi connectivity index (χ0v) is 9.59. The fourth-order valence-electron chi connectivity index (χ4n) is 1.10. The lowest BCUT2D eigenvalue weighted by molar-refractivity contribution is 0.197. The summed E-state index contributed by atoms with van der Waals surface area (Å²) in [7, 11) is 1.68. The van der Waals surface area contributed by atoms with Crippen molar-refractivity contribution in [2.24, 2.45) is 0 Å². The van der Waals surface area contributed by atoms with Gasteiger partial charge < -0.3 is 14.8 Å². The molecular weight excluding hydrogens is 214 g/mol. The normalized spacial score (nSPS) is 10.3. The van der Waals surface area contributed by atoms with Crippen LogP contribution in [0.3, 0.4) is 0 Å². The number of ether oxygens (including phenoxy) is 2. The van der Waals surface area contributed by atoms with E-state index in [1.165, 1.54) is 0 Å². The lowest BCUT2D eigenvalue weighted by atomic mass is 10.3. The highest BCUT2D eigenvalue weighted by Gasteiger charge is 1.94. The first-order valence-electron chi connectivity index (χ1n) is 4.91. The van der Waals surface area contributed by atoms with Crippen LogP contribution in [0, 0.1) is 0 Å². The number of methoxy groups -OCH3 is 1. The van der Waals surface area contributed by atoms with E-state index in [1.807, 2.05) is 18.2 Å². The molecule has 84 valence electrons. The van der Waals surface area contributed by atoms with E-state index in [0.717, 1.165) is 25.4 Å². The van der Waals surface area contributed by atoms with E-state index < -0.39 is 0 Å². The quantitative estimate of drug-likeness (QED) is 0.725. The number of hydrogen-bond acceptors (Lipinski definition) is 3. The molecule has 0 aromatic heterocycles. The molecule has 15 heavy (non-hydrogen) atoms. The van der Waals surface area contributed by atoms with E-state index in [4.69, 9.17) is 21.1 Å². The van der Waals surface area contributed by atoms with Gasteiger partial charge in [-0.1, -0.05) is 17.7 Å². The molecule has 0 spiro atoms. The first-order valence-corrected chi connectivity index (χ1v) is 5.29. The van der Waals surface area contributed by atoms with Crippen molar-refractivity contribution in [3.05, 3.63) is 29.3 Å². The van der Waals surface area contributed by atoms with Gasteiger partial charge in [0.2, 0.25) is 0 Å². The maximum atomic E-state index is 5.81. The summed E-state index contributed by atoms with van der Waals surface area (Å²) in [5, 5.41) is 3.88.